The van der Waals surface area contributed by atoms with Crippen LogP contribution >= 0.6 is 0 Å². The predicted molar refractivity (Wildman–Crippen MR) is 428 cm³/mol. The molecule has 9 heterocycles. The number of anilines is 3. The zero-order valence-corrected chi connectivity index (χ0v) is 58.8. The number of nitriles is 3. The SMILES string of the molecule is C.C.COC(=O)c1ccnc(Cc2cc(C#N)c3ncc(C)cc3c2)c1.Cc1cnc2c(C#N)cc(Cc3cc(C(=O)NCc4ccc5c(N)nccc5c4)ccn3)cc2c1.Cc1cnc2c(C#N)cc(Cc3cc(C(=O)NCc4ccc5c(N)nccc5c4)ccn3)cc2c1.NCc1ccc2c(N)nccc2c1. The zero-order chi connectivity index (χ0) is 75.1. The molecule has 0 saturated carbocycles. The molecule has 0 atom stereocenters. The molecule has 0 spiro atoms. The van der Waals surface area contributed by atoms with Crippen molar-refractivity contribution in [1.82, 2.24) is 55.5 Å². The molecule has 109 heavy (non-hydrogen) atoms. The van der Waals surface area contributed by atoms with E-state index >= 15 is 0 Å². The number of nitrogens with one attached hydrogen (secondary N) is 2. The molecule has 15 rings (SSSR count). The van der Waals surface area contributed by atoms with Crippen LogP contribution in [0.3, 0.4) is 0 Å². The van der Waals surface area contributed by atoms with Crippen molar-refractivity contribution in [3.63, 3.8) is 0 Å². The predicted octanol–water partition coefficient (Wildman–Crippen LogP) is 14.7. The van der Waals surface area contributed by atoms with Crippen LogP contribution in [-0.4, -0.2) is 69.7 Å². The number of aryl methyl sites for hydroxylation is 3. The van der Waals surface area contributed by atoms with Gasteiger partial charge >= 0.3 is 5.97 Å². The van der Waals surface area contributed by atoms with E-state index in [0.717, 1.165) is 116 Å². The molecule has 0 unspecified atom stereocenters. The molecule has 22 heteroatoms. The van der Waals surface area contributed by atoms with Crippen LogP contribution in [0.2, 0.25) is 0 Å². The molecule has 10 N–H and O–H groups in total. The van der Waals surface area contributed by atoms with Gasteiger partial charge in [0, 0.05) is 155 Å². The van der Waals surface area contributed by atoms with Gasteiger partial charge in [0.15, 0.2) is 0 Å². The van der Waals surface area contributed by atoms with E-state index in [-0.39, 0.29) is 26.7 Å². The van der Waals surface area contributed by atoms with Crippen molar-refractivity contribution in [2.75, 3.05) is 24.3 Å². The summed E-state index contributed by atoms with van der Waals surface area (Å²) < 4.78 is 4.73. The van der Waals surface area contributed by atoms with E-state index in [9.17, 15) is 30.2 Å². The molecule has 9 aromatic heterocycles. The number of nitrogen functional groups attached to an aromatic ring is 3. The first-order valence-electron chi connectivity index (χ1n) is 33.9. The van der Waals surface area contributed by atoms with E-state index < -0.39 is 5.97 Å². The lowest BCUT2D eigenvalue weighted by Gasteiger charge is -2.09. The Morgan fingerprint density at radius 2 is 0.688 bits per heavy atom. The molecule has 2 amide bonds. The second kappa shape index (κ2) is 35.3. The molecule has 0 fully saturated rings. The number of fused-ring (bicyclic) bond motifs is 6. The number of benzene rings is 6. The van der Waals surface area contributed by atoms with E-state index in [1.807, 2.05) is 148 Å². The second-order valence-electron chi connectivity index (χ2n) is 25.5. The van der Waals surface area contributed by atoms with Crippen molar-refractivity contribution in [2.24, 2.45) is 5.73 Å². The Hall–Kier alpha value is -14.5. The highest BCUT2D eigenvalue weighted by Crippen LogP contribution is 2.28. The average Bonchev–Trinajstić information content (AvgIpc) is 0.803. The number of nitrogens with zero attached hydrogens (tertiary/aromatic N) is 12. The summed E-state index contributed by atoms with van der Waals surface area (Å²) in [6, 6.07) is 57.9. The normalized spacial score (nSPS) is 10.5. The molecule has 540 valence electrons. The minimum Gasteiger partial charge on any atom is -0.465 e. The standard InChI is InChI=1S/2C28H22N6O.C19H15N3O2.C10H11N3.2CH4/c2*1-17-8-22-10-19(11-23(14-29)26(22)33-15-17)12-24-13-21(5-6-31-24)28(35)34-16-18-2-3-25-20(9-18)4-7-32-27(25)30;1-12-5-15-6-13(7-16(10-20)18(15)22-11-12)8-17-9-14(3-4-21-17)19(23)24-2;11-6-7-1-2-9-8(5-7)3-4-13-10(9)12;;/h2*2-11,13,15H,12,16H2,1H3,(H2,30,32)(H,34,35);3-7,9,11H,8H2,1-2H3;1-5H,6,11H2,(H2,12,13);2*1H4. The second-order valence-corrected chi connectivity index (χ2v) is 25.5. The van der Waals surface area contributed by atoms with Crippen LogP contribution < -0.4 is 33.6 Å². The number of pyridine rings is 9. The number of carbonyl (C=O) groups excluding carboxylic acids is 3. The number of hydrogen-bond acceptors (Lipinski definition) is 20. The highest BCUT2D eigenvalue weighted by Gasteiger charge is 2.16. The lowest BCUT2D eigenvalue weighted by Crippen LogP contribution is -2.23. The Labute approximate surface area is 630 Å². The fraction of sp³-hybridized carbons (Fsp3) is 0.138. The van der Waals surface area contributed by atoms with Gasteiger partial charge in [-0.2, -0.15) is 15.8 Å². The monoisotopic (exact) mass is 1440 g/mol. The van der Waals surface area contributed by atoms with Gasteiger partial charge in [-0.1, -0.05) is 51.3 Å². The lowest BCUT2D eigenvalue weighted by molar-refractivity contribution is 0.0600. The van der Waals surface area contributed by atoms with E-state index in [1.54, 1.807) is 92.2 Å². The summed E-state index contributed by atoms with van der Waals surface area (Å²) in [5, 5.41) is 43.0. The van der Waals surface area contributed by atoms with Crippen molar-refractivity contribution in [2.45, 2.75) is 74.5 Å². The fourth-order valence-corrected chi connectivity index (χ4v) is 12.4. The largest absolute Gasteiger partial charge is 0.465 e. The summed E-state index contributed by atoms with van der Waals surface area (Å²) in [5.41, 5.74) is 39.5. The Balaban J connectivity index is 0.000000162. The molecule has 0 bridgehead atoms. The number of methoxy groups -OCH3 is 1. The van der Waals surface area contributed by atoms with Gasteiger partial charge < -0.3 is 38.3 Å². The average molecular weight is 1440 g/mol. The quantitative estimate of drug-likeness (QED) is 0.0551. The molecule has 22 nitrogen and oxygen atoms in total. The van der Waals surface area contributed by atoms with Crippen LogP contribution in [0, 0.1) is 54.8 Å². The van der Waals surface area contributed by atoms with E-state index in [1.165, 1.54) is 7.11 Å². The van der Waals surface area contributed by atoms with Gasteiger partial charge in [-0.15, -0.1) is 0 Å². The smallest absolute Gasteiger partial charge is 0.337 e. The van der Waals surface area contributed by atoms with Crippen LogP contribution in [0.15, 0.2) is 220 Å². The van der Waals surface area contributed by atoms with E-state index in [0.29, 0.717) is 106 Å². The van der Waals surface area contributed by atoms with Gasteiger partial charge in [0.25, 0.3) is 11.8 Å². The number of esters is 1. The minimum atomic E-state index is -0.394. The first-order valence-corrected chi connectivity index (χ1v) is 33.9. The molecular formula is C87H78N18O4. The topological polar surface area (TPSA) is 376 Å². The van der Waals surface area contributed by atoms with Crippen molar-refractivity contribution in [3.8, 4) is 18.2 Å². The van der Waals surface area contributed by atoms with Gasteiger partial charge in [0.2, 0.25) is 0 Å². The Kier molecular flexibility index (Phi) is 25.0. The van der Waals surface area contributed by atoms with Gasteiger partial charge in [-0.25, -0.2) is 19.7 Å². The summed E-state index contributed by atoms with van der Waals surface area (Å²) in [6.07, 6.45) is 16.7. The van der Waals surface area contributed by atoms with Crippen LogP contribution in [0.1, 0.15) is 130 Å². The lowest BCUT2D eigenvalue weighted by atomic mass is 10.0. The maximum Gasteiger partial charge on any atom is 0.337 e. The molecule has 0 saturated heterocycles. The number of ether oxygens (including phenoxy) is 1. The highest BCUT2D eigenvalue weighted by atomic mass is 16.5. The van der Waals surface area contributed by atoms with Crippen molar-refractivity contribution < 1.29 is 19.1 Å². The first-order chi connectivity index (χ1) is 51.9. The van der Waals surface area contributed by atoms with Crippen molar-refractivity contribution in [3.05, 3.63) is 320 Å². The molecule has 6 aromatic carbocycles. The number of aromatic nitrogens is 9. The first kappa shape index (κ1) is 77.1. The van der Waals surface area contributed by atoms with Gasteiger partial charge in [-0.3, -0.25) is 39.5 Å². The van der Waals surface area contributed by atoms with Crippen LogP contribution in [0.5, 0.6) is 0 Å². The maximum atomic E-state index is 12.8. The van der Waals surface area contributed by atoms with Crippen LogP contribution in [0.4, 0.5) is 17.5 Å². The zero-order valence-electron chi connectivity index (χ0n) is 58.8. The van der Waals surface area contributed by atoms with E-state index in [4.69, 9.17) is 27.7 Å². The van der Waals surface area contributed by atoms with Gasteiger partial charge in [0.1, 0.15) is 35.7 Å². The molecule has 15 aromatic rings. The molecule has 0 aliphatic rings. The van der Waals surface area contributed by atoms with Gasteiger partial charge in [0.05, 0.1) is 45.9 Å². The Bertz CT molecular complexity index is 5840. The van der Waals surface area contributed by atoms with Crippen molar-refractivity contribution >= 4 is 100 Å². The van der Waals surface area contributed by atoms with Crippen molar-refractivity contribution in [1.29, 1.82) is 15.8 Å². The number of nitrogens with two attached hydrogens (primary N) is 4. The summed E-state index contributed by atoms with van der Waals surface area (Å²) in [7, 11) is 1.35. The summed E-state index contributed by atoms with van der Waals surface area (Å²) in [5.74, 6) is 0.790. The Morgan fingerprint density at radius 3 is 1.03 bits per heavy atom. The number of rotatable bonds is 14. The summed E-state index contributed by atoms with van der Waals surface area (Å²) in [6.45, 7) is 7.23. The highest BCUT2D eigenvalue weighted by molar-refractivity contribution is 5.97. The van der Waals surface area contributed by atoms with Crippen LogP contribution in [0.25, 0.3) is 65.0 Å². The van der Waals surface area contributed by atoms with Crippen LogP contribution in [-0.2, 0) is 43.6 Å². The molecule has 0 aliphatic carbocycles. The maximum absolute atomic E-state index is 12.8. The summed E-state index contributed by atoms with van der Waals surface area (Å²) >= 11 is 0. The minimum absolute atomic E-state index is 0. The van der Waals surface area contributed by atoms with Gasteiger partial charge in [-0.05, 0) is 214 Å². The molecule has 0 aliphatic heterocycles. The Morgan fingerprint density at radius 1 is 0.376 bits per heavy atom. The third kappa shape index (κ3) is 18.9. The van der Waals surface area contributed by atoms with E-state index in [2.05, 4.69) is 73.7 Å². The summed E-state index contributed by atoms with van der Waals surface area (Å²) in [4.78, 5) is 75.8. The molecule has 0 radical (unpaired) electrons. The number of hydrogen-bond donors (Lipinski definition) is 6. The third-order valence-electron chi connectivity index (χ3n) is 17.6. The molecular weight excluding hydrogens is 1360 g/mol. The number of carbonyl (C=O) groups is 3. The third-order valence-corrected chi connectivity index (χ3v) is 17.6. The fourth-order valence-electron chi connectivity index (χ4n) is 12.4. The number of amides is 2.